The summed E-state index contributed by atoms with van der Waals surface area (Å²) < 4.78 is 0. The Kier molecular flexibility index (Phi) is 6.46. The van der Waals surface area contributed by atoms with Gasteiger partial charge in [-0.1, -0.05) is 17.7 Å². The van der Waals surface area contributed by atoms with E-state index in [0.717, 1.165) is 75.0 Å². The molecule has 2 saturated heterocycles. The van der Waals surface area contributed by atoms with Crippen LogP contribution in [0.2, 0.25) is 5.02 Å². The molecule has 8 nitrogen and oxygen atoms in total. The van der Waals surface area contributed by atoms with Crippen molar-refractivity contribution in [3.63, 3.8) is 0 Å². The smallest absolute Gasteiger partial charge is 0.407 e. The summed E-state index contributed by atoms with van der Waals surface area (Å²) in [7, 11) is 0. The van der Waals surface area contributed by atoms with Crippen molar-refractivity contribution in [3.8, 4) is 0 Å². The number of carbonyl (C=O) groups is 2. The van der Waals surface area contributed by atoms with E-state index in [-0.39, 0.29) is 23.5 Å². The van der Waals surface area contributed by atoms with Crippen LogP contribution in [0.3, 0.4) is 0 Å². The third-order valence-electron chi connectivity index (χ3n) is 8.20. The fourth-order valence-electron chi connectivity index (χ4n) is 6.20. The van der Waals surface area contributed by atoms with Gasteiger partial charge in [0, 0.05) is 45.0 Å². The number of carbonyl (C=O) groups excluding carboxylic acids is 1. The van der Waals surface area contributed by atoms with Gasteiger partial charge < -0.3 is 24.9 Å². The van der Waals surface area contributed by atoms with Crippen LogP contribution in [0.25, 0.3) is 5.57 Å². The van der Waals surface area contributed by atoms with E-state index >= 15 is 0 Å². The normalized spacial score (nSPS) is 30.1. The number of aromatic nitrogens is 1. The first-order valence-corrected chi connectivity index (χ1v) is 12.8. The molecule has 0 bridgehead atoms. The van der Waals surface area contributed by atoms with Crippen molar-refractivity contribution < 1.29 is 19.8 Å². The van der Waals surface area contributed by atoms with Gasteiger partial charge in [0.1, 0.15) is 5.82 Å². The van der Waals surface area contributed by atoms with Crippen molar-refractivity contribution in [2.24, 2.45) is 5.41 Å². The quantitative estimate of drug-likeness (QED) is 0.674. The number of aliphatic hydroxyl groups excluding tert-OH is 1. The molecule has 1 saturated carbocycles. The lowest BCUT2D eigenvalue weighted by Gasteiger charge is -2.41. The lowest BCUT2D eigenvalue weighted by molar-refractivity contribution is -0.139. The Morgan fingerprint density at radius 2 is 1.94 bits per heavy atom. The minimum Gasteiger partial charge on any atom is -0.465 e. The second-order valence-corrected chi connectivity index (χ2v) is 10.7. The molecule has 1 unspecified atom stereocenters. The summed E-state index contributed by atoms with van der Waals surface area (Å²) in [4.78, 5) is 35.1. The summed E-state index contributed by atoms with van der Waals surface area (Å²) in [5, 5.41) is 19.6. The molecular formula is C25H33ClN4O4. The van der Waals surface area contributed by atoms with Gasteiger partial charge in [0.25, 0.3) is 0 Å². The number of carboxylic acid groups (broad SMARTS) is 1. The predicted molar refractivity (Wildman–Crippen MR) is 130 cm³/mol. The number of hydrogen-bond donors (Lipinski definition) is 2. The van der Waals surface area contributed by atoms with E-state index in [4.69, 9.17) is 21.7 Å². The van der Waals surface area contributed by atoms with E-state index in [2.05, 4.69) is 9.80 Å². The van der Waals surface area contributed by atoms with E-state index in [1.807, 2.05) is 18.3 Å². The zero-order valence-electron chi connectivity index (χ0n) is 19.5. The van der Waals surface area contributed by atoms with Crippen LogP contribution in [0.4, 0.5) is 10.6 Å². The minimum absolute atomic E-state index is 0.218. The Hall–Kier alpha value is -2.32. The highest BCUT2D eigenvalue weighted by molar-refractivity contribution is 6.33. The van der Waals surface area contributed by atoms with Crippen LogP contribution in [-0.4, -0.2) is 81.9 Å². The van der Waals surface area contributed by atoms with Crippen LogP contribution < -0.4 is 4.90 Å². The molecule has 1 aromatic heterocycles. The molecule has 9 heteroatoms. The Bertz CT molecular complexity index is 993. The summed E-state index contributed by atoms with van der Waals surface area (Å²) >= 11 is 6.70. The molecular weight excluding hydrogens is 456 g/mol. The maximum absolute atomic E-state index is 13.6. The number of amides is 2. The molecule has 34 heavy (non-hydrogen) atoms. The molecule has 2 amide bonds. The van der Waals surface area contributed by atoms with Crippen LogP contribution in [-0.2, 0) is 4.79 Å². The molecule has 0 radical (unpaired) electrons. The predicted octanol–water partition coefficient (Wildman–Crippen LogP) is 3.62. The average Bonchev–Trinajstić information content (AvgIpc) is 3.14. The molecule has 1 atom stereocenters. The van der Waals surface area contributed by atoms with Gasteiger partial charge in [-0.3, -0.25) is 4.79 Å². The summed E-state index contributed by atoms with van der Waals surface area (Å²) in [5.41, 5.74) is 1.62. The largest absolute Gasteiger partial charge is 0.465 e. The fraction of sp³-hybridized carbons (Fsp3) is 0.640. The van der Waals surface area contributed by atoms with Crippen LogP contribution in [0.15, 0.2) is 18.3 Å². The van der Waals surface area contributed by atoms with E-state index in [1.165, 1.54) is 4.90 Å². The zero-order chi connectivity index (χ0) is 23.9. The number of pyridine rings is 1. The topological polar surface area (TPSA) is 97.2 Å². The van der Waals surface area contributed by atoms with Gasteiger partial charge in [-0.15, -0.1) is 0 Å². The van der Waals surface area contributed by atoms with Crippen molar-refractivity contribution in [1.29, 1.82) is 0 Å². The van der Waals surface area contributed by atoms with Gasteiger partial charge >= 0.3 is 6.09 Å². The summed E-state index contributed by atoms with van der Waals surface area (Å²) in [6.45, 7) is 3.10. The second-order valence-electron chi connectivity index (χ2n) is 10.3. The second kappa shape index (κ2) is 9.38. The highest BCUT2D eigenvalue weighted by atomic mass is 35.5. The standard InChI is InChI=1S/C25H33ClN4O4/c26-21-14-18(17-6-11-28(12-7-17)24(33)34)15-27-22(21)29-10-1-8-25(16-29)9-13-30(23(25)32)19-2-4-20(31)5-3-19/h6,14-15,19-20,31H,1-5,7-13,16H2,(H,33,34). The number of hydrogen-bond acceptors (Lipinski definition) is 5. The number of anilines is 1. The third kappa shape index (κ3) is 4.38. The lowest BCUT2D eigenvalue weighted by atomic mass is 9.78. The molecule has 1 aliphatic carbocycles. The molecule has 4 heterocycles. The highest BCUT2D eigenvalue weighted by Crippen LogP contribution is 2.44. The molecule has 184 valence electrons. The Balaban J connectivity index is 1.29. The van der Waals surface area contributed by atoms with Gasteiger partial charge in [-0.2, -0.15) is 0 Å². The lowest BCUT2D eigenvalue weighted by Crippen LogP contribution is -2.50. The third-order valence-corrected chi connectivity index (χ3v) is 8.48. The SMILES string of the molecule is O=C(O)N1CC=C(c2cnc(N3CCCC4(CCN(C5CCC(O)CC5)C4=O)C3)c(Cl)c2)CC1. The van der Waals surface area contributed by atoms with Crippen LogP contribution in [0, 0.1) is 5.41 Å². The molecule has 2 N–H and O–H groups in total. The summed E-state index contributed by atoms with van der Waals surface area (Å²) in [6.07, 6.45) is 9.31. The van der Waals surface area contributed by atoms with Crippen LogP contribution in [0.5, 0.6) is 0 Å². The van der Waals surface area contributed by atoms with E-state index < -0.39 is 6.09 Å². The average molecular weight is 489 g/mol. The van der Waals surface area contributed by atoms with E-state index in [0.29, 0.717) is 31.1 Å². The van der Waals surface area contributed by atoms with Crippen molar-refractivity contribution >= 4 is 35.0 Å². The highest BCUT2D eigenvalue weighted by Gasteiger charge is 2.51. The number of piperidine rings is 1. The summed E-state index contributed by atoms with van der Waals surface area (Å²) in [6, 6.07) is 2.18. The van der Waals surface area contributed by atoms with Crippen molar-refractivity contribution in [2.45, 2.75) is 63.5 Å². The fourth-order valence-corrected chi connectivity index (χ4v) is 6.49. The first-order chi connectivity index (χ1) is 16.4. The van der Waals surface area contributed by atoms with Crippen molar-refractivity contribution in [1.82, 2.24) is 14.8 Å². The number of rotatable bonds is 3. The number of likely N-dealkylation sites (tertiary alicyclic amines) is 1. The number of nitrogens with zero attached hydrogens (tertiary/aromatic N) is 4. The number of halogens is 1. The van der Waals surface area contributed by atoms with Gasteiger partial charge in [0.2, 0.25) is 5.91 Å². The molecule has 1 spiro atoms. The Morgan fingerprint density at radius 1 is 1.15 bits per heavy atom. The number of aliphatic hydroxyl groups is 1. The first kappa shape index (κ1) is 23.4. The van der Waals surface area contributed by atoms with Gasteiger partial charge in [-0.25, -0.2) is 9.78 Å². The zero-order valence-corrected chi connectivity index (χ0v) is 20.2. The maximum Gasteiger partial charge on any atom is 0.407 e. The molecule has 3 aliphatic heterocycles. The Labute approximate surface area is 205 Å². The van der Waals surface area contributed by atoms with Crippen LogP contribution in [0.1, 0.15) is 56.9 Å². The monoisotopic (exact) mass is 488 g/mol. The molecule has 5 rings (SSSR count). The van der Waals surface area contributed by atoms with Gasteiger partial charge in [0.05, 0.1) is 16.5 Å². The summed E-state index contributed by atoms with van der Waals surface area (Å²) in [5.74, 6) is 0.988. The van der Waals surface area contributed by atoms with Crippen LogP contribution >= 0.6 is 11.6 Å². The molecule has 0 aromatic carbocycles. The minimum atomic E-state index is -0.901. The van der Waals surface area contributed by atoms with Crippen molar-refractivity contribution in [2.75, 3.05) is 37.6 Å². The van der Waals surface area contributed by atoms with E-state index in [1.54, 1.807) is 0 Å². The van der Waals surface area contributed by atoms with E-state index in [9.17, 15) is 14.7 Å². The molecule has 1 aromatic rings. The maximum atomic E-state index is 13.6. The van der Waals surface area contributed by atoms with Crippen molar-refractivity contribution in [3.05, 3.63) is 28.9 Å². The molecule has 3 fully saturated rings. The van der Waals surface area contributed by atoms with Gasteiger partial charge in [-0.05, 0) is 68.6 Å². The first-order valence-electron chi connectivity index (χ1n) is 12.4. The molecule has 4 aliphatic rings. The Morgan fingerprint density at radius 3 is 2.62 bits per heavy atom. The van der Waals surface area contributed by atoms with Gasteiger partial charge in [0.15, 0.2) is 0 Å².